The Labute approximate surface area is 108 Å². The number of carbonyl (C=O) groups is 1. The molecule has 0 fully saturated rings. The van der Waals surface area contributed by atoms with Crippen molar-refractivity contribution in [1.82, 2.24) is 4.98 Å². The standard InChI is InChI=1S/C13H13FN2OS/c1-7-5-9(14)3-4-10(7)12(17)11-6-18-13(16-11)8(2)15/h3-6,8H,15H2,1-2H3. The third-order valence-corrected chi connectivity index (χ3v) is 3.62. The van der Waals surface area contributed by atoms with Crippen molar-refractivity contribution in [2.24, 2.45) is 5.73 Å². The Morgan fingerprint density at radius 2 is 2.22 bits per heavy atom. The van der Waals surface area contributed by atoms with E-state index < -0.39 is 0 Å². The summed E-state index contributed by atoms with van der Waals surface area (Å²) in [5, 5.41) is 2.40. The van der Waals surface area contributed by atoms with Crippen molar-refractivity contribution < 1.29 is 9.18 Å². The maximum atomic E-state index is 13.0. The van der Waals surface area contributed by atoms with Crippen molar-refractivity contribution in [2.75, 3.05) is 0 Å². The summed E-state index contributed by atoms with van der Waals surface area (Å²) in [6.07, 6.45) is 0. The van der Waals surface area contributed by atoms with Gasteiger partial charge in [0.25, 0.3) is 0 Å². The van der Waals surface area contributed by atoms with Crippen LogP contribution < -0.4 is 5.73 Å². The number of thiazole rings is 1. The number of carbonyl (C=O) groups excluding carboxylic acids is 1. The molecule has 1 heterocycles. The lowest BCUT2D eigenvalue weighted by Crippen LogP contribution is -2.07. The molecule has 0 saturated heterocycles. The van der Waals surface area contributed by atoms with Gasteiger partial charge in [0.05, 0.1) is 6.04 Å². The molecule has 2 rings (SSSR count). The van der Waals surface area contributed by atoms with Crippen molar-refractivity contribution in [3.05, 3.63) is 51.2 Å². The first-order valence-electron chi connectivity index (χ1n) is 5.51. The second kappa shape index (κ2) is 4.96. The highest BCUT2D eigenvalue weighted by Gasteiger charge is 2.16. The van der Waals surface area contributed by atoms with E-state index in [1.165, 1.54) is 29.5 Å². The summed E-state index contributed by atoms with van der Waals surface area (Å²) in [7, 11) is 0. The molecule has 0 spiro atoms. The van der Waals surface area contributed by atoms with Gasteiger partial charge in [0.15, 0.2) is 0 Å². The number of nitrogens with zero attached hydrogens (tertiary/aromatic N) is 1. The van der Waals surface area contributed by atoms with Crippen molar-refractivity contribution in [2.45, 2.75) is 19.9 Å². The smallest absolute Gasteiger partial charge is 0.212 e. The van der Waals surface area contributed by atoms with Crippen LogP contribution in [0.1, 0.15) is 39.6 Å². The van der Waals surface area contributed by atoms with E-state index in [1.54, 1.807) is 12.3 Å². The minimum atomic E-state index is -0.349. The lowest BCUT2D eigenvalue weighted by molar-refractivity contribution is 0.103. The fraction of sp³-hybridized carbons (Fsp3) is 0.231. The van der Waals surface area contributed by atoms with Crippen LogP contribution in [0.2, 0.25) is 0 Å². The number of nitrogens with two attached hydrogens (primary N) is 1. The molecule has 1 atom stereocenters. The van der Waals surface area contributed by atoms with Gasteiger partial charge < -0.3 is 5.73 Å². The SMILES string of the molecule is Cc1cc(F)ccc1C(=O)c1csc(C(C)N)n1. The topological polar surface area (TPSA) is 56.0 Å². The number of aryl methyl sites for hydroxylation is 1. The number of aromatic nitrogens is 1. The third kappa shape index (κ3) is 2.47. The number of hydrogen-bond donors (Lipinski definition) is 1. The van der Waals surface area contributed by atoms with Gasteiger partial charge in [0, 0.05) is 10.9 Å². The minimum absolute atomic E-state index is 0.189. The van der Waals surface area contributed by atoms with E-state index in [1.807, 2.05) is 6.92 Å². The van der Waals surface area contributed by atoms with Crippen LogP contribution in [0.4, 0.5) is 4.39 Å². The van der Waals surface area contributed by atoms with E-state index in [0.717, 1.165) is 5.01 Å². The normalized spacial score (nSPS) is 12.4. The Balaban J connectivity index is 2.35. The second-order valence-corrected chi connectivity index (χ2v) is 5.04. The van der Waals surface area contributed by atoms with Gasteiger partial charge in [0.1, 0.15) is 16.5 Å². The van der Waals surface area contributed by atoms with Crippen LogP contribution in [0.3, 0.4) is 0 Å². The van der Waals surface area contributed by atoms with E-state index in [-0.39, 0.29) is 17.6 Å². The number of halogens is 1. The van der Waals surface area contributed by atoms with E-state index >= 15 is 0 Å². The average molecular weight is 264 g/mol. The first-order chi connectivity index (χ1) is 8.49. The summed E-state index contributed by atoms with van der Waals surface area (Å²) in [4.78, 5) is 16.4. The van der Waals surface area contributed by atoms with Crippen LogP contribution in [0.15, 0.2) is 23.6 Å². The Bertz CT molecular complexity index is 592. The number of benzene rings is 1. The van der Waals surface area contributed by atoms with Crippen LogP contribution >= 0.6 is 11.3 Å². The van der Waals surface area contributed by atoms with E-state index in [9.17, 15) is 9.18 Å². The van der Waals surface area contributed by atoms with E-state index in [4.69, 9.17) is 5.73 Å². The zero-order valence-electron chi connectivity index (χ0n) is 10.1. The minimum Gasteiger partial charge on any atom is -0.322 e. The van der Waals surface area contributed by atoms with Crippen molar-refractivity contribution >= 4 is 17.1 Å². The molecule has 3 nitrogen and oxygen atoms in total. The summed E-state index contributed by atoms with van der Waals surface area (Å²) in [6.45, 7) is 3.52. The summed E-state index contributed by atoms with van der Waals surface area (Å²) < 4.78 is 13.0. The van der Waals surface area contributed by atoms with Gasteiger partial charge in [-0.2, -0.15) is 0 Å². The maximum Gasteiger partial charge on any atom is 0.212 e. The molecule has 2 aromatic rings. The molecule has 0 bridgehead atoms. The lowest BCUT2D eigenvalue weighted by atomic mass is 10.0. The predicted octanol–water partition coefficient (Wildman–Crippen LogP) is 2.84. The van der Waals surface area contributed by atoms with Crippen molar-refractivity contribution in [3.8, 4) is 0 Å². The van der Waals surface area contributed by atoms with Gasteiger partial charge >= 0.3 is 0 Å². The zero-order valence-corrected chi connectivity index (χ0v) is 10.9. The summed E-state index contributed by atoms with van der Waals surface area (Å²) >= 11 is 1.36. The highest BCUT2D eigenvalue weighted by atomic mass is 32.1. The molecular formula is C13H13FN2OS. The molecule has 18 heavy (non-hydrogen) atoms. The molecule has 5 heteroatoms. The average Bonchev–Trinajstić information content (AvgIpc) is 2.77. The van der Waals surface area contributed by atoms with Crippen molar-refractivity contribution in [1.29, 1.82) is 0 Å². The van der Waals surface area contributed by atoms with Gasteiger partial charge in [-0.3, -0.25) is 4.79 Å². The highest BCUT2D eigenvalue weighted by Crippen LogP contribution is 2.20. The Morgan fingerprint density at radius 1 is 1.50 bits per heavy atom. The zero-order chi connectivity index (χ0) is 13.3. The summed E-state index contributed by atoms with van der Waals surface area (Å²) in [6, 6.07) is 3.91. The quantitative estimate of drug-likeness (QED) is 0.867. The Hall–Kier alpha value is -1.59. The summed E-state index contributed by atoms with van der Waals surface area (Å²) in [5.74, 6) is -0.547. The number of ketones is 1. The lowest BCUT2D eigenvalue weighted by Gasteiger charge is -2.03. The monoisotopic (exact) mass is 264 g/mol. The van der Waals surface area contributed by atoms with E-state index in [2.05, 4.69) is 4.98 Å². The molecular weight excluding hydrogens is 251 g/mol. The molecule has 94 valence electrons. The second-order valence-electron chi connectivity index (χ2n) is 4.15. The molecule has 0 aliphatic rings. The molecule has 0 aliphatic heterocycles. The predicted molar refractivity (Wildman–Crippen MR) is 69.3 cm³/mol. The number of hydrogen-bond acceptors (Lipinski definition) is 4. The van der Waals surface area contributed by atoms with Crippen LogP contribution in [0.25, 0.3) is 0 Å². The van der Waals surface area contributed by atoms with Crippen LogP contribution in [0.5, 0.6) is 0 Å². The molecule has 1 aromatic heterocycles. The number of rotatable bonds is 3. The van der Waals surface area contributed by atoms with Crippen LogP contribution in [0, 0.1) is 12.7 Å². The Morgan fingerprint density at radius 3 is 2.78 bits per heavy atom. The molecule has 0 radical (unpaired) electrons. The Kier molecular flexibility index (Phi) is 3.54. The molecule has 0 amide bonds. The van der Waals surface area contributed by atoms with Gasteiger partial charge in [0.2, 0.25) is 5.78 Å². The van der Waals surface area contributed by atoms with Gasteiger partial charge in [-0.05, 0) is 37.6 Å². The molecule has 2 N–H and O–H groups in total. The largest absolute Gasteiger partial charge is 0.322 e. The first-order valence-corrected chi connectivity index (χ1v) is 6.39. The summed E-state index contributed by atoms with van der Waals surface area (Å²) in [5.41, 5.74) is 7.14. The fourth-order valence-electron chi connectivity index (χ4n) is 1.62. The van der Waals surface area contributed by atoms with Gasteiger partial charge in [-0.15, -0.1) is 11.3 Å². The van der Waals surface area contributed by atoms with Gasteiger partial charge in [-0.1, -0.05) is 0 Å². The molecule has 0 saturated carbocycles. The molecule has 0 aliphatic carbocycles. The maximum absolute atomic E-state index is 13.0. The van der Waals surface area contributed by atoms with Crippen LogP contribution in [-0.4, -0.2) is 10.8 Å². The van der Waals surface area contributed by atoms with Crippen LogP contribution in [-0.2, 0) is 0 Å². The molecule has 1 unspecified atom stereocenters. The van der Waals surface area contributed by atoms with Crippen molar-refractivity contribution in [3.63, 3.8) is 0 Å². The van der Waals surface area contributed by atoms with Gasteiger partial charge in [-0.25, -0.2) is 9.37 Å². The molecule has 1 aromatic carbocycles. The fourth-order valence-corrected chi connectivity index (χ4v) is 2.38. The first kappa shape index (κ1) is 12.9. The highest BCUT2D eigenvalue weighted by molar-refractivity contribution is 7.09. The third-order valence-electron chi connectivity index (χ3n) is 2.58. The van der Waals surface area contributed by atoms with E-state index in [0.29, 0.717) is 16.8 Å².